The predicted octanol–water partition coefficient (Wildman–Crippen LogP) is 1.03. The first-order valence-electron chi connectivity index (χ1n) is 3.14. The van der Waals surface area contributed by atoms with Crippen LogP contribution in [0.5, 0.6) is 0 Å². The van der Waals surface area contributed by atoms with Crippen molar-refractivity contribution in [2.24, 2.45) is 7.05 Å². The van der Waals surface area contributed by atoms with E-state index in [1.54, 1.807) is 17.2 Å². The van der Waals surface area contributed by atoms with Crippen LogP contribution in [0.25, 0.3) is 11.0 Å². The maximum absolute atomic E-state index is 5.00. The van der Waals surface area contributed by atoms with Crippen molar-refractivity contribution in [3.8, 4) is 0 Å². The second kappa shape index (κ2) is 2.13. The fourth-order valence-corrected chi connectivity index (χ4v) is 1.31. The van der Waals surface area contributed by atoms with Crippen LogP contribution in [0.4, 0.5) is 0 Å². The number of aromatic amines is 1. The molecule has 0 unspecified atom stereocenters. The van der Waals surface area contributed by atoms with Gasteiger partial charge in [-0.1, -0.05) is 12.2 Å². The molecular weight excluding hydrogens is 160 g/mol. The van der Waals surface area contributed by atoms with Crippen molar-refractivity contribution in [2.75, 3.05) is 0 Å². The Morgan fingerprint density at radius 1 is 1.64 bits per heavy atom. The lowest BCUT2D eigenvalue weighted by atomic mass is 10.5. The number of rotatable bonds is 0. The molecule has 0 fully saturated rings. The van der Waals surface area contributed by atoms with Crippen LogP contribution in [-0.4, -0.2) is 19.7 Å². The lowest BCUT2D eigenvalue weighted by Gasteiger charge is -1.91. The Morgan fingerprint density at radius 3 is 3.18 bits per heavy atom. The molecule has 0 aromatic carbocycles. The summed E-state index contributed by atoms with van der Waals surface area (Å²) in [5, 5.41) is 4.04. The molecule has 0 aliphatic heterocycles. The quantitative estimate of drug-likeness (QED) is 0.594. The van der Waals surface area contributed by atoms with E-state index in [2.05, 4.69) is 15.1 Å². The maximum atomic E-state index is 5.00. The van der Waals surface area contributed by atoms with Crippen LogP contribution in [0.3, 0.4) is 0 Å². The minimum Gasteiger partial charge on any atom is -0.343 e. The van der Waals surface area contributed by atoms with Gasteiger partial charge in [0.2, 0.25) is 0 Å². The zero-order valence-electron chi connectivity index (χ0n) is 5.90. The minimum atomic E-state index is 0.582. The van der Waals surface area contributed by atoms with Crippen molar-refractivity contribution in [3.63, 3.8) is 0 Å². The molecule has 2 aromatic rings. The third-order valence-electron chi connectivity index (χ3n) is 1.54. The number of nitrogens with zero attached hydrogens (tertiary/aromatic N) is 3. The summed E-state index contributed by atoms with van der Waals surface area (Å²) in [6, 6.07) is 0. The van der Waals surface area contributed by atoms with Gasteiger partial charge in [0.05, 0.1) is 18.0 Å². The van der Waals surface area contributed by atoms with Gasteiger partial charge < -0.3 is 4.98 Å². The first-order valence-corrected chi connectivity index (χ1v) is 3.55. The van der Waals surface area contributed by atoms with E-state index in [9.17, 15) is 0 Å². The summed E-state index contributed by atoms with van der Waals surface area (Å²) in [6.45, 7) is 0. The van der Waals surface area contributed by atoms with Crippen LogP contribution in [-0.2, 0) is 7.05 Å². The van der Waals surface area contributed by atoms with Gasteiger partial charge >= 0.3 is 0 Å². The summed E-state index contributed by atoms with van der Waals surface area (Å²) in [7, 11) is 1.84. The van der Waals surface area contributed by atoms with Crippen molar-refractivity contribution >= 4 is 23.3 Å². The number of hydrogen-bond donors (Lipinski definition) is 1. The molecule has 11 heavy (non-hydrogen) atoms. The van der Waals surface area contributed by atoms with Gasteiger partial charge in [-0.15, -0.1) is 0 Å². The highest BCUT2D eigenvalue weighted by atomic mass is 32.1. The summed E-state index contributed by atoms with van der Waals surface area (Å²) >= 11 is 5.00. The van der Waals surface area contributed by atoms with E-state index in [4.69, 9.17) is 12.2 Å². The van der Waals surface area contributed by atoms with Gasteiger partial charge in [0, 0.05) is 7.05 Å². The lowest BCUT2D eigenvalue weighted by molar-refractivity contribution is 0.794. The molecule has 5 heteroatoms. The zero-order valence-corrected chi connectivity index (χ0v) is 6.72. The predicted molar refractivity (Wildman–Crippen MR) is 43.7 cm³/mol. The SMILES string of the molecule is Cn1ncc2[nH]cnc(=S)c21. The Labute approximate surface area is 67.9 Å². The number of fused-ring (bicyclic) bond motifs is 1. The van der Waals surface area contributed by atoms with Crippen LogP contribution >= 0.6 is 12.2 Å². The van der Waals surface area contributed by atoms with Gasteiger partial charge in [-0.3, -0.25) is 4.68 Å². The molecule has 0 atom stereocenters. The van der Waals surface area contributed by atoms with E-state index < -0.39 is 0 Å². The fourth-order valence-electron chi connectivity index (χ4n) is 1.02. The molecule has 0 aliphatic carbocycles. The Kier molecular flexibility index (Phi) is 1.25. The first-order chi connectivity index (χ1) is 5.29. The van der Waals surface area contributed by atoms with Gasteiger partial charge in [0.15, 0.2) is 4.64 Å². The standard InChI is InChI=1S/C6H6N4S/c1-10-5-4(2-9-10)7-3-8-6(5)11/h2-3H,1H3,(H,7,8,11). The van der Waals surface area contributed by atoms with Gasteiger partial charge in [-0.25, -0.2) is 4.98 Å². The third-order valence-corrected chi connectivity index (χ3v) is 1.84. The van der Waals surface area contributed by atoms with Gasteiger partial charge in [0.1, 0.15) is 5.52 Å². The average Bonchev–Trinajstić information content (AvgIpc) is 2.34. The van der Waals surface area contributed by atoms with E-state index in [0.29, 0.717) is 4.64 Å². The monoisotopic (exact) mass is 166 g/mol. The zero-order chi connectivity index (χ0) is 7.84. The van der Waals surface area contributed by atoms with E-state index in [0.717, 1.165) is 11.0 Å². The Bertz CT molecular complexity index is 441. The van der Waals surface area contributed by atoms with E-state index in [1.807, 2.05) is 7.05 Å². The highest BCUT2D eigenvalue weighted by molar-refractivity contribution is 7.71. The highest BCUT2D eigenvalue weighted by Crippen LogP contribution is 2.07. The molecule has 0 aliphatic rings. The Balaban J connectivity index is 3.08. The van der Waals surface area contributed by atoms with Crippen LogP contribution in [0, 0.1) is 4.64 Å². The number of H-pyrrole nitrogens is 1. The lowest BCUT2D eigenvalue weighted by Crippen LogP contribution is -1.90. The molecule has 2 rings (SSSR count). The average molecular weight is 166 g/mol. The molecule has 0 saturated heterocycles. The second-order valence-corrected chi connectivity index (χ2v) is 2.62. The van der Waals surface area contributed by atoms with Crippen molar-refractivity contribution in [1.82, 2.24) is 19.7 Å². The third kappa shape index (κ3) is 0.848. The molecule has 2 heterocycles. The maximum Gasteiger partial charge on any atom is 0.155 e. The fraction of sp³-hybridized carbons (Fsp3) is 0.167. The molecule has 1 N–H and O–H groups in total. The van der Waals surface area contributed by atoms with Crippen molar-refractivity contribution < 1.29 is 0 Å². The number of hydrogen-bond acceptors (Lipinski definition) is 3. The normalized spacial score (nSPS) is 10.6. The second-order valence-electron chi connectivity index (χ2n) is 2.24. The molecule has 0 radical (unpaired) electrons. The molecule has 0 saturated carbocycles. The summed E-state index contributed by atoms with van der Waals surface area (Å²) in [5.74, 6) is 0. The van der Waals surface area contributed by atoms with Crippen LogP contribution < -0.4 is 0 Å². The topological polar surface area (TPSA) is 46.5 Å². The summed E-state index contributed by atoms with van der Waals surface area (Å²) in [5.41, 5.74) is 1.80. The molecule has 0 spiro atoms. The van der Waals surface area contributed by atoms with Gasteiger partial charge in [0.25, 0.3) is 0 Å². The van der Waals surface area contributed by atoms with Crippen LogP contribution in [0.2, 0.25) is 0 Å². The van der Waals surface area contributed by atoms with E-state index in [1.165, 1.54) is 0 Å². The largest absolute Gasteiger partial charge is 0.343 e. The van der Waals surface area contributed by atoms with Crippen molar-refractivity contribution in [2.45, 2.75) is 0 Å². The number of aromatic nitrogens is 4. The smallest absolute Gasteiger partial charge is 0.155 e. The molecule has 56 valence electrons. The van der Waals surface area contributed by atoms with E-state index >= 15 is 0 Å². The summed E-state index contributed by atoms with van der Waals surface area (Å²) < 4.78 is 2.29. The molecular formula is C6H6N4S. The van der Waals surface area contributed by atoms with Crippen molar-refractivity contribution in [1.29, 1.82) is 0 Å². The van der Waals surface area contributed by atoms with E-state index in [-0.39, 0.29) is 0 Å². The van der Waals surface area contributed by atoms with Crippen molar-refractivity contribution in [3.05, 3.63) is 17.2 Å². The van der Waals surface area contributed by atoms with Crippen LogP contribution in [0.15, 0.2) is 12.5 Å². The summed E-state index contributed by atoms with van der Waals surface area (Å²) in [4.78, 5) is 6.89. The molecule has 0 amide bonds. The summed E-state index contributed by atoms with van der Waals surface area (Å²) in [6.07, 6.45) is 3.30. The Morgan fingerprint density at radius 2 is 2.45 bits per heavy atom. The van der Waals surface area contributed by atoms with Gasteiger partial charge in [-0.2, -0.15) is 5.10 Å². The number of nitrogens with one attached hydrogen (secondary N) is 1. The van der Waals surface area contributed by atoms with Crippen LogP contribution in [0.1, 0.15) is 0 Å². The minimum absolute atomic E-state index is 0.582. The number of aryl methyl sites for hydroxylation is 1. The molecule has 2 aromatic heterocycles. The first kappa shape index (κ1) is 6.48. The molecule has 4 nitrogen and oxygen atoms in total. The Hall–Kier alpha value is -1.23. The van der Waals surface area contributed by atoms with Gasteiger partial charge in [-0.05, 0) is 0 Å². The highest BCUT2D eigenvalue weighted by Gasteiger charge is 1.99. The molecule has 0 bridgehead atoms.